The molecule has 0 spiro atoms. The second-order valence-electron chi connectivity index (χ2n) is 3.89. The van der Waals surface area contributed by atoms with Crippen molar-refractivity contribution in [3.63, 3.8) is 0 Å². The number of furan rings is 1. The van der Waals surface area contributed by atoms with E-state index in [-0.39, 0.29) is 5.91 Å². The number of halogens is 1. The van der Waals surface area contributed by atoms with Crippen molar-refractivity contribution in [2.45, 2.75) is 19.9 Å². The third-order valence-electron chi connectivity index (χ3n) is 2.71. The summed E-state index contributed by atoms with van der Waals surface area (Å²) in [7, 11) is 0. The molecule has 1 amide bonds. The molecule has 1 heterocycles. The maximum Gasteiger partial charge on any atom is 0.255 e. The molecule has 0 unspecified atom stereocenters. The van der Waals surface area contributed by atoms with Gasteiger partial charge < -0.3 is 9.73 Å². The molecule has 0 radical (unpaired) electrons. The number of carbonyl (C=O) groups excluding carboxylic acids is 1. The van der Waals surface area contributed by atoms with Crippen molar-refractivity contribution in [3.8, 4) is 0 Å². The van der Waals surface area contributed by atoms with Gasteiger partial charge in [-0.3, -0.25) is 4.79 Å². The molecule has 3 nitrogen and oxygen atoms in total. The molecule has 0 aliphatic carbocycles. The number of benzene rings is 1. The minimum Gasteiger partial charge on any atom is -0.469 e. The average Bonchev–Trinajstić information content (AvgIpc) is 2.86. The molecule has 0 atom stereocenters. The van der Waals surface area contributed by atoms with E-state index in [0.29, 0.717) is 18.5 Å². The van der Waals surface area contributed by atoms with Crippen molar-refractivity contribution >= 4 is 21.8 Å². The maximum absolute atomic E-state index is 12.0. The Hall–Kier alpha value is -1.55. The zero-order chi connectivity index (χ0) is 13.0. The summed E-state index contributed by atoms with van der Waals surface area (Å²) in [5.74, 6) is 0.621. The number of amides is 1. The summed E-state index contributed by atoms with van der Waals surface area (Å²) >= 11 is 3.45. The number of hydrogen-bond acceptors (Lipinski definition) is 2. The first-order valence-electron chi connectivity index (χ1n) is 5.80. The van der Waals surface area contributed by atoms with Crippen molar-refractivity contribution in [3.05, 3.63) is 58.0 Å². The lowest BCUT2D eigenvalue weighted by molar-refractivity contribution is 0.0949. The summed E-state index contributed by atoms with van der Waals surface area (Å²) in [5.41, 5.74) is 1.66. The quantitative estimate of drug-likeness (QED) is 0.939. The molecule has 94 valence electrons. The minimum absolute atomic E-state index is 0.101. The Bertz CT molecular complexity index is 548. The first-order chi connectivity index (χ1) is 8.72. The molecule has 4 heteroatoms. The fourth-order valence-electron chi connectivity index (χ4n) is 1.73. The van der Waals surface area contributed by atoms with Crippen LogP contribution in [0, 0.1) is 0 Å². The minimum atomic E-state index is -0.101. The highest BCUT2D eigenvalue weighted by atomic mass is 79.9. The van der Waals surface area contributed by atoms with E-state index in [4.69, 9.17) is 4.42 Å². The summed E-state index contributed by atoms with van der Waals surface area (Å²) in [5, 5.41) is 2.89. The maximum atomic E-state index is 12.0. The van der Waals surface area contributed by atoms with E-state index in [1.165, 1.54) is 0 Å². The molecule has 0 saturated carbocycles. The van der Waals surface area contributed by atoms with Crippen molar-refractivity contribution in [1.29, 1.82) is 0 Å². The monoisotopic (exact) mass is 307 g/mol. The predicted octanol–water partition coefficient (Wildman–Crippen LogP) is 3.53. The summed E-state index contributed by atoms with van der Waals surface area (Å²) in [6.07, 6.45) is 2.26. The lowest BCUT2D eigenvalue weighted by atomic mass is 10.2. The second-order valence-corrected chi connectivity index (χ2v) is 4.74. The molecular weight excluding hydrogens is 294 g/mol. The van der Waals surface area contributed by atoms with Crippen LogP contribution in [0.15, 0.2) is 45.5 Å². The van der Waals surface area contributed by atoms with Crippen molar-refractivity contribution < 1.29 is 9.21 Å². The molecular formula is C14H14BrNO2. The van der Waals surface area contributed by atoms with Crippen LogP contribution in [0.5, 0.6) is 0 Å². The molecule has 0 fully saturated rings. The van der Waals surface area contributed by atoms with Gasteiger partial charge in [-0.2, -0.15) is 0 Å². The third kappa shape index (κ3) is 2.82. The Morgan fingerprint density at radius 2 is 2.11 bits per heavy atom. The van der Waals surface area contributed by atoms with Crippen LogP contribution in [0.4, 0.5) is 0 Å². The SMILES string of the molecule is CCc1occc1C(=O)NCc1ccccc1Br. The van der Waals surface area contributed by atoms with Crippen molar-refractivity contribution in [1.82, 2.24) is 5.32 Å². The van der Waals surface area contributed by atoms with Crippen LogP contribution in [-0.2, 0) is 13.0 Å². The third-order valence-corrected chi connectivity index (χ3v) is 3.48. The van der Waals surface area contributed by atoms with Gasteiger partial charge in [0.2, 0.25) is 0 Å². The number of carbonyl (C=O) groups is 1. The molecule has 1 aromatic carbocycles. The van der Waals surface area contributed by atoms with Gasteiger partial charge in [0.05, 0.1) is 11.8 Å². The Morgan fingerprint density at radius 3 is 2.83 bits per heavy atom. The zero-order valence-corrected chi connectivity index (χ0v) is 11.7. The van der Waals surface area contributed by atoms with Crippen molar-refractivity contribution in [2.24, 2.45) is 0 Å². The number of rotatable bonds is 4. The Balaban J connectivity index is 2.03. The van der Waals surface area contributed by atoms with Gasteiger partial charge in [-0.05, 0) is 17.7 Å². The fourth-order valence-corrected chi connectivity index (χ4v) is 2.15. The van der Waals surface area contributed by atoms with E-state index in [9.17, 15) is 4.79 Å². The molecule has 0 saturated heterocycles. The molecule has 1 aromatic heterocycles. The molecule has 1 N–H and O–H groups in total. The fraction of sp³-hybridized carbons (Fsp3) is 0.214. The van der Waals surface area contributed by atoms with Crippen LogP contribution < -0.4 is 5.32 Å². The lowest BCUT2D eigenvalue weighted by Gasteiger charge is -2.06. The summed E-state index contributed by atoms with van der Waals surface area (Å²) in [6.45, 7) is 2.46. The lowest BCUT2D eigenvalue weighted by Crippen LogP contribution is -2.23. The van der Waals surface area contributed by atoms with Gasteiger partial charge in [-0.1, -0.05) is 41.1 Å². The Morgan fingerprint density at radius 1 is 1.33 bits per heavy atom. The van der Waals surface area contributed by atoms with Crippen LogP contribution in [0.2, 0.25) is 0 Å². The number of hydrogen-bond donors (Lipinski definition) is 1. The Labute approximate surface area is 114 Å². The number of aryl methyl sites for hydroxylation is 1. The van der Waals surface area contributed by atoms with Gasteiger partial charge in [0.15, 0.2) is 0 Å². The van der Waals surface area contributed by atoms with E-state index >= 15 is 0 Å². The summed E-state index contributed by atoms with van der Waals surface area (Å²) < 4.78 is 6.23. The van der Waals surface area contributed by atoms with E-state index in [0.717, 1.165) is 15.8 Å². The summed E-state index contributed by atoms with van der Waals surface area (Å²) in [6, 6.07) is 9.52. The molecule has 18 heavy (non-hydrogen) atoms. The van der Waals surface area contributed by atoms with Crippen LogP contribution in [0.25, 0.3) is 0 Å². The van der Waals surface area contributed by atoms with Gasteiger partial charge in [0.25, 0.3) is 5.91 Å². The van der Waals surface area contributed by atoms with Gasteiger partial charge in [-0.25, -0.2) is 0 Å². The molecule has 0 aliphatic heterocycles. The van der Waals surface area contributed by atoms with Crippen LogP contribution >= 0.6 is 15.9 Å². The van der Waals surface area contributed by atoms with Crippen molar-refractivity contribution in [2.75, 3.05) is 0 Å². The topological polar surface area (TPSA) is 42.2 Å². The number of nitrogens with one attached hydrogen (secondary N) is 1. The second kappa shape index (κ2) is 5.87. The molecule has 2 rings (SSSR count). The van der Waals surface area contributed by atoms with Crippen LogP contribution in [-0.4, -0.2) is 5.91 Å². The van der Waals surface area contributed by atoms with Gasteiger partial charge >= 0.3 is 0 Å². The van der Waals surface area contributed by atoms with E-state index in [1.54, 1.807) is 12.3 Å². The smallest absolute Gasteiger partial charge is 0.255 e. The van der Waals surface area contributed by atoms with E-state index in [2.05, 4.69) is 21.2 Å². The van der Waals surface area contributed by atoms with Gasteiger partial charge in [-0.15, -0.1) is 0 Å². The van der Waals surface area contributed by atoms with Gasteiger partial charge in [0, 0.05) is 17.4 Å². The van der Waals surface area contributed by atoms with Crippen LogP contribution in [0.1, 0.15) is 28.6 Å². The highest BCUT2D eigenvalue weighted by Crippen LogP contribution is 2.16. The highest BCUT2D eigenvalue weighted by molar-refractivity contribution is 9.10. The summed E-state index contributed by atoms with van der Waals surface area (Å²) in [4.78, 5) is 12.0. The molecule has 2 aromatic rings. The van der Waals surface area contributed by atoms with E-state index < -0.39 is 0 Å². The van der Waals surface area contributed by atoms with Crippen LogP contribution in [0.3, 0.4) is 0 Å². The molecule has 0 aliphatic rings. The Kier molecular flexibility index (Phi) is 4.20. The standard InChI is InChI=1S/C14H14BrNO2/c1-2-13-11(7-8-18-13)14(17)16-9-10-5-3-4-6-12(10)15/h3-8H,2,9H2,1H3,(H,16,17). The van der Waals surface area contributed by atoms with E-state index in [1.807, 2.05) is 31.2 Å². The largest absolute Gasteiger partial charge is 0.469 e. The first-order valence-corrected chi connectivity index (χ1v) is 6.59. The zero-order valence-electron chi connectivity index (χ0n) is 10.1. The average molecular weight is 308 g/mol. The normalized spacial score (nSPS) is 10.3. The highest BCUT2D eigenvalue weighted by Gasteiger charge is 2.12. The predicted molar refractivity (Wildman–Crippen MR) is 73.4 cm³/mol. The van der Waals surface area contributed by atoms with Gasteiger partial charge in [0.1, 0.15) is 5.76 Å². The first kappa shape index (κ1) is 12.9. The molecule has 0 bridgehead atoms.